The zero-order chi connectivity index (χ0) is 18.9. The van der Waals surface area contributed by atoms with Crippen LogP contribution in [0.25, 0.3) is 12.2 Å². The number of aromatic amines is 3. The number of benzene rings is 1. The average molecular weight is 350 g/mol. The number of H-pyrrole nitrogens is 3. The minimum absolute atomic E-state index is 0.158. The van der Waals surface area contributed by atoms with Gasteiger partial charge in [0.2, 0.25) is 0 Å². The van der Waals surface area contributed by atoms with Gasteiger partial charge in [0.1, 0.15) is 10.7 Å². The quantitative estimate of drug-likeness (QED) is 0.645. The summed E-state index contributed by atoms with van der Waals surface area (Å²) in [7, 11) is 0. The molecule has 0 unspecified atom stereocenters. The highest BCUT2D eigenvalue weighted by molar-refractivity contribution is 5.50. The van der Waals surface area contributed by atoms with Crippen molar-refractivity contribution in [3.05, 3.63) is 84.5 Å². The van der Waals surface area contributed by atoms with E-state index in [-0.39, 0.29) is 27.2 Å². The molecule has 3 aromatic rings. The topological polar surface area (TPSA) is 94.4 Å². The Bertz CT molecular complexity index is 1170. The zero-order valence-corrected chi connectivity index (χ0v) is 15.3. The van der Waals surface area contributed by atoms with Crippen LogP contribution in [-0.4, -0.2) is 19.9 Å². The van der Waals surface area contributed by atoms with Crippen molar-refractivity contribution in [3.63, 3.8) is 0 Å². The molecule has 3 rings (SSSR count). The minimum Gasteiger partial charge on any atom is -0.348 e. The highest BCUT2D eigenvalue weighted by Crippen LogP contribution is 2.22. The van der Waals surface area contributed by atoms with Crippen LogP contribution in [0.5, 0.6) is 0 Å². The van der Waals surface area contributed by atoms with Crippen LogP contribution in [0.4, 0.5) is 0 Å². The van der Waals surface area contributed by atoms with E-state index in [0.29, 0.717) is 5.69 Å². The number of hydrogen-bond donors (Lipinski definition) is 3. The van der Waals surface area contributed by atoms with Gasteiger partial charge in [-0.1, -0.05) is 50.6 Å². The molecule has 0 fully saturated rings. The van der Waals surface area contributed by atoms with E-state index in [1.54, 1.807) is 18.5 Å². The summed E-state index contributed by atoms with van der Waals surface area (Å²) < 4.78 is 0. The largest absolute Gasteiger partial charge is 0.348 e. The first-order valence-corrected chi connectivity index (χ1v) is 8.40. The Hall–Kier alpha value is -3.15. The van der Waals surface area contributed by atoms with Gasteiger partial charge in [0, 0.05) is 11.1 Å². The Kier molecular flexibility index (Phi) is 4.50. The van der Waals surface area contributed by atoms with Crippen LogP contribution in [-0.2, 0) is 5.41 Å². The van der Waals surface area contributed by atoms with Crippen LogP contribution < -0.4 is 21.8 Å². The third-order valence-corrected chi connectivity index (χ3v) is 4.04. The first kappa shape index (κ1) is 17.7. The van der Waals surface area contributed by atoms with Crippen molar-refractivity contribution in [2.24, 2.45) is 0 Å². The molecular formula is C20H22N4O2. The highest BCUT2D eigenvalue weighted by Gasteiger charge is 2.19. The van der Waals surface area contributed by atoms with Crippen molar-refractivity contribution in [1.82, 2.24) is 19.9 Å². The summed E-state index contributed by atoms with van der Waals surface area (Å²) in [5.41, 5.74) is 2.58. The Balaban J connectivity index is 2.14. The second kappa shape index (κ2) is 6.63. The molecule has 6 heteroatoms. The fourth-order valence-electron chi connectivity index (χ4n) is 2.77. The first-order chi connectivity index (χ1) is 12.2. The van der Waals surface area contributed by atoms with E-state index in [2.05, 4.69) is 19.9 Å². The maximum absolute atomic E-state index is 12.4. The molecule has 2 heterocycles. The van der Waals surface area contributed by atoms with Gasteiger partial charge >= 0.3 is 0 Å². The standard InChI is InChI=1S/C20H22N4O2/c1-12-6-5-7-13(8-12)9-15-18(25)24-16(19(26)23-15)10-14-17(20(2,3)4)22-11-21-14/h5-11H,1-4H3,(H,21,22)(H,23,26)(H,24,25)/b15-9-,16-10-. The maximum Gasteiger partial charge on any atom is 0.272 e. The summed E-state index contributed by atoms with van der Waals surface area (Å²) in [5, 5.41) is 0.393. The summed E-state index contributed by atoms with van der Waals surface area (Å²) >= 11 is 0. The van der Waals surface area contributed by atoms with E-state index in [9.17, 15) is 9.59 Å². The Morgan fingerprint density at radius 3 is 2.27 bits per heavy atom. The van der Waals surface area contributed by atoms with Gasteiger partial charge in [-0.3, -0.25) is 9.59 Å². The van der Waals surface area contributed by atoms with E-state index in [1.165, 1.54) is 0 Å². The monoisotopic (exact) mass is 350 g/mol. The van der Waals surface area contributed by atoms with Crippen molar-refractivity contribution in [3.8, 4) is 0 Å². The van der Waals surface area contributed by atoms with E-state index in [4.69, 9.17) is 0 Å². The smallest absolute Gasteiger partial charge is 0.272 e. The van der Waals surface area contributed by atoms with Crippen molar-refractivity contribution < 1.29 is 0 Å². The van der Waals surface area contributed by atoms with Gasteiger partial charge in [-0.25, -0.2) is 4.98 Å². The van der Waals surface area contributed by atoms with E-state index < -0.39 is 0 Å². The molecule has 0 bridgehead atoms. The van der Waals surface area contributed by atoms with Crippen LogP contribution in [0.3, 0.4) is 0 Å². The van der Waals surface area contributed by atoms with Gasteiger partial charge in [-0.05, 0) is 24.6 Å². The number of rotatable bonds is 2. The van der Waals surface area contributed by atoms with Gasteiger partial charge in [0.05, 0.1) is 12.0 Å². The van der Waals surface area contributed by atoms with Gasteiger partial charge in [0.15, 0.2) is 0 Å². The number of aryl methyl sites for hydroxylation is 1. The maximum atomic E-state index is 12.4. The van der Waals surface area contributed by atoms with Crippen LogP contribution in [0, 0.1) is 6.92 Å². The molecule has 0 aliphatic heterocycles. The van der Waals surface area contributed by atoms with Crippen LogP contribution in [0.15, 0.2) is 40.2 Å². The van der Waals surface area contributed by atoms with Crippen molar-refractivity contribution in [2.45, 2.75) is 33.1 Å². The number of hydrogen-bond acceptors (Lipinski definition) is 3. The first-order valence-electron chi connectivity index (χ1n) is 8.40. The fraction of sp³-hybridized carbons (Fsp3) is 0.250. The molecule has 3 N–H and O–H groups in total. The van der Waals surface area contributed by atoms with Crippen molar-refractivity contribution in [2.75, 3.05) is 0 Å². The molecule has 1 aromatic carbocycles. The van der Waals surface area contributed by atoms with Gasteiger partial charge in [-0.15, -0.1) is 0 Å². The number of nitrogens with one attached hydrogen (secondary N) is 3. The molecular weight excluding hydrogens is 328 g/mol. The molecule has 0 amide bonds. The Morgan fingerprint density at radius 1 is 1.00 bits per heavy atom. The Labute approximate surface area is 150 Å². The van der Waals surface area contributed by atoms with Gasteiger partial charge in [-0.2, -0.15) is 0 Å². The van der Waals surface area contributed by atoms with Gasteiger partial charge < -0.3 is 15.0 Å². The van der Waals surface area contributed by atoms with Crippen LogP contribution in [0.1, 0.15) is 43.3 Å². The molecule has 6 nitrogen and oxygen atoms in total. The lowest BCUT2D eigenvalue weighted by molar-refractivity contribution is 0.571. The second-order valence-corrected chi connectivity index (χ2v) is 7.35. The molecule has 0 saturated heterocycles. The van der Waals surface area contributed by atoms with Crippen LogP contribution >= 0.6 is 0 Å². The molecule has 0 aliphatic rings. The highest BCUT2D eigenvalue weighted by atomic mass is 16.1. The molecule has 26 heavy (non-hydrogen) atoms. The zero-order valence-electron chi connectivity index (χ0n) is 15.3. The number of aromatic nitrogens is 4. The molecule has 0 aliphatic carbocycles. The summed E-state index contributed by atoms with van der Waals surface area (Å²) in [6.45, 7) is 8.11. The lowest BCUT2D eigenvalue weighted by Gasteiger charge is -2.16. The predicted molar refractivity (Wildman–Crippen MR) is 103 cm³/mol. The summed E-state index contributed by atoms with van der Waals surface area (Å²) in [6.07, 6.45) is 4.83. The van der Waals surface area contributed by atoms with Crippen molar-refractivity contribution in [1.29, 1.82) is 0 Å². The van der Waals surface area contributed by atoms with Crippen molar-refractivity contribution >= 4 is 12.2 Å². The SMILES string of the molecule is Cc1cccc(/C=c2\[nH]c(=O)/c(=C/c3nc[nH]c3C(C)(C)C)[nH]c2=O)c1. The third-order valence-electron chi connectivity index (χ3n) is 4.04. The lowest BCUT2D eigenvalue weighted by Crippen LogP contribution is -2.46. The molecule has 134 valence electrons. The van der Waals surface area contributed by atoms with Gasteiger partial charge in [0.25, 0.3) is 11.1 Å². The third kappa shape index (κ3) is 3.74. The molecule has 0 spiro atoms. The van der Waals surface area contributed by atoms with Crippen LogP contribution in [0.2, 0.25) is 0 Å². The number of imidazole rings is 1. The predicted octanol–water partition coefficient (Wildman–Crippen LogP) is 1.05. The van der Waals surface area contributed by atoms with E-state index in [1.807, 2.05) is 52.0 Å². The summed E-state index contributed by atoms with van der Waals surface area (Å²) in [5.74, 6) is 0. The minimum atomic E-state index is -0.369. The fourth-order valence-corrected chi connectivity index (χ4v) is 2.77. The number of nitrogens with zero attached hydrogens (tertiary/aromatic N) is 1. The molecule has 2 aromatic heterocycles. The molecule has 0 atom stereocenters. The second-order valence-electron chi connectivity index (χ2n) is 7.35. The van der Waals surface area contributed by atoms with E-state index >= 15 is 0 Å². The summed E-state index contributed by atoms with van der Waals surface area (Å²) in [4.78, 5) is 37.5. The van der Waals surface area contributed by atoms with E-state index in [0.717, 1.165) is 16.8 Å². The normalized spacial score (nSPS) is 13.4. The molecule has 0 saturated carbocycles. The Morgan fingerprint density at radius 2 is 1.65 bits per heavy atom. The average Bonchev–Trinajstić information content (AvgIpc) is 3.01. The molecule has 0 radical (unpaired) electrons. The lowest BCUT2D eigenvalue weighted by atomic mass is 9.90. The summed E-state index contributed by atoms with van der Waals surface area (Å²) in [6, 6.07) is 7.70.